The van der Waals surface area contributed by atoms with Gasteiger partial charge in [0.05, 0.1) is 25.9 Å². The molecule has 0 amide bonds. The van der Waals surface area contributed by atoms with Crippen molar-refractivity contribution in [1.82, 2.24) is 0 Å². The molecule has 0 bridgehead atoms. The first-order chi connectivity index (χ1) is 14.0. The van der Waals surface area contributed by atoms with Crippen LogP contribution in [-0.2, 0) is 20.8 Å². The quantitative estimate of drug-likeness (QED) is 0.512. The standard InChI is InChI=1S/C21H24O8/c1-27-20(26)13-8-6-12(7-9-13)15-5-3-2-4-14(15)11-28-21-19(25)18(24)17(23)16(10-22)29-21/h2-9,16-19,21-25H,10-11H2,1H3/t16-,17-,18+,19+,21+/m1/s1. The molecule has 4 N–H and O–H groups in total. The van der Waals surface area contributed by atoms with Crippen molar-refractivity contribution < 1.29 is 39.4 Å². The van der Waals surface area contributed by atoms with E-state index < -0.39 is 43.3 Å². The van der Waals surface area contributed by atoms with E-state index in [-0.39, 0.29) is 6.61 Å². The van der Waals surface area contributed by atoms with Crippen LogP contribution >= 0.6 is 0 Å². The van der Waals surface area contributed by atoms with Crippen LogP contribution in [0.1, 0.15) is 15.9 Å². The Morgan fingerprint density at radius 1 is 1.00 bits per heavy atom. The van der Waals surface area contributed by atoms with Crippen LogP contribution in [0.15, 0.2) is 48.5 Å². The van der Waals surface area contributed by atoms with Gasteiger partial charge in [-0.1, -0.05) is 36.4 Å². The highest BCUT2D eigenvalue weighted by molar-refractivity contribution is 5.90. The van der Waals surface area contributed by atoms with E-state index in [1.807, 2.05) is 24.3 Å². The highest BCUT2D eigenvalue weighted by atomic mass is 16.7. The largest absolute Gasteiger partial charge is 0.465 e. The molecule has 1 aliphatic rings. The minimum atomic E-state index is -1.49. The first-order valence-corrected chi connectivity index (χ1v) is 9.15. The van der Waals surface area contributed by atoms with Gasteiger partial charge in [-0.05, 0) is 28.8 Å². The van der Waals surface area contributed by atoms with Gasteiger partial charge in [0.2, 0.25) is 0 Å². The fourth-order valence-corrected chi connectivity index (χ4v) is 3.21. The average molecular weight is 404 g/mol. The predicted molar refractivity (Wildman–Crippen MR) is 102 cm³/mol. The molecule has 0 radical (unpaired) electrons. The maximum atomic E-state index is 11.6. The van der Waals surface area contributed by atoms with Crippen LogP contribution in [0.5, 0.6) is 0 Å². The van der Waals surface area contributed by atoms with E-state index in [9.17, 15) is 25.2 Å². The van der Waals surface area contributed by atoms with Crippen molar-refractivity contribution in [3.63, 3.8) is 0 Å². The van der Waals surface area contributed by atoms with Crippen LogP contribution in [0.25, 0.3) is 11.1 Å². The second-order valence-corrected chi connectivity index (χ2v) is 6.73. The number of hydrogen-bond donors (Lipinski definition) is 4. The van der Waals surface area contributed by atoms with Crippen molar-refractivity contribution >= 4 is 5.97 Å². The van der Waals surface area contributed by atoms with E-state index in [1.54, 1.807) is 24.3 Å². The van der Waals surface area contributed by atoms with Gasteiger partial charge in [0.25, 0.3) is 0 Å². The highest BCUT2D eigenvalue weighted by Gasteiger charge is 2.44. The molecule has 8 nitrogen and oxygen atoms in total. The Balaban J connectivity index is 1.75. The van der Waals surface area contributed by atoms with E-state index in [1.165, 1.54) is 7.11 Å². The van der Waals surface area contributed by atoms with Crippen LogP contribution in [0.3, 0.4) is 0 Å². The van der Waals surface area contributed by atoms with Crippen LogP contribution < -0.4 is 0 Å². The SMILES string of the molecule is COC(=O)c1ccc(-c2ccccc2CO[C@H]2O[C@H](CO)[C@@H](O)[C@H](O)[C@@H]2O)cc1. The Kier molecular flexibility index (Phi) is 6.96. The van der Waals surface area contributed by atoms with Crippen molar-refractivity contribution in [1.29, 1.82) is 0 Å². The Morgan fingerprint density at radius 3 is 2.34 bits per heavy atom. The van der Waals surface area contributed by atoms with Crippen LogP contribution in [0, 0.1) is 0 Å². The number of ether oxygens (including phenoxy) is 3. The normalized spacial score (nSPS) is 26.9. The molecule has 2 aromatic rings. The zero-order chi connectivity index (χ0) is 21.0. The molecule has 2 aromatic carbocycles. The number of aliphatic hydroxyl groups excluding tert-OH is 4. The molecule has 1 heterocycles. The second-order valence-electron chi connectivity index (χ2n) is 6.73. The Hall–Kier alpha value is -2.33. The van der Waals surface area contributed by atoms with Gasteiger partial charge in [-0.15, -0.1) is 0 Å². The molecule has 0 spiro atoms. The average Bonchev–Trinajstić information content (AvgIpc) is 2.77. The van der Waals surface area contributed by atoms with Gasteiger partial charge in [-0.2, -0.15) is 0 Å². The minimum absolute atomic E-state index is 0.0532. The minimum Gasteiger partial charge on any atom is -0.465 e. The molecule has 3 rings (SSSR count). The Labute approximate surface area is 167 Å². The zero-order valence-electron chi connectivity index (χ0n) is 15.8. The van der Waals surface area contributed by atoms with Crippen molar-refractivity contribution in [3.8, 4) is 11.1 Å². The molecule has 0 aliphatic carbocycles. The van der Waals surface area contributed by atoms with Crippen LogP contribution in [0.2, 0.25) is 0 Å². The van der Waals surface area contributed by atoms with Gasteiger partial charge in [0.1, 0.15) is 24.4 Å². The number of rotatable bonds is 6. The molecule has 156 valence electrons. The third-order valence-electron chi connectivity index (χ3n) is 4.89. The molecule has 1 saturated heterocycles. The lowest BCUT2D eigenvalue weighted by Crippen LogP contribution is -2.59. The summed E-state index contributed by atoms with van der Waals surface area (Å²) in [6, 6.07) is 14.3. The molecule has 0 aromatic heterocycles. The monoisotopic (exact) mass is 404 g/mol. The molecular formula is C21H24O8. The van der Waals surface area contributed by atoms with Gasteiger partial charge in [0, 0.05) is 0 Å². The van der Waals surface area contributed by atoms with Gasteiger partial charge in [-0.3, -0.25) is 0 Å². The second kappa shape index (κ2) is 9.45. The number of esters is 1. The van der Waals surface area contributed by atoms with Gasteiger partial charge in [0.15, 0.2) is 6.29 Å². The summed E-state index contributed by atoms with van der Waals surface area (Å²) in [6.07, 6.45) is -6.62. The molecule has 0 unspecified atom stereocenters. The summed E-state index contributed by atoms with van der Waals surface area (Å²) >= 11 is 0. The third kappa shape index (κ3) is 4.64. The van der Waals surface area contributed by atoms with Gasteiger partial charge in [-0.25, -0.2) is 4.79 Å². The maximum absolute atomic E-state index is 11.6. The fraction of sp³-hybridized carbons (Fsp3) is 0.381. The summed E-state index contributed by atoms with van der Waals surface area (Å²) < 4.78 is 15.7. The Morgan fingerprint density at radius 2 is 1.69 bits per heavy atom. The topological polar surface area (TPSA) is 126 Å². The van der Waals surface area contributed by atoms with Crippen LogP contribution in [-0.4, -0.2) is 70.8 Å². The van der Waals surface area contributed by atoms with Crippen molar-refractivity contribution in [2.75, 3.05) is 13.7 Å². The lowest BCUT2D eigenvalue weighted by Gasteiger charge is -2.39. The van der Waals surface area contributed by atoms with Crippen molar-refractivity contribution in [3.05, 3.63) is 59.7 Å². The molecule has 0 saturated carbocycles. The number of carbonyl (C=O) groups is 1. The highest BCUT2D eigenvalue weighted by Crippen LogP contribution is 2.27. The van der Waals surface area contributed by atoms with Crippen molar-refractivity contribution in [2.24, 2.45) is 0 Å². The van der Waals surface area contributed by atoms with Gasteiger partial charge >= 0.3 is 5.97 Å². The van der Waals surface area contributed by atoms with Gasteiger partial charge < -0.3 is 34.6 Å². The number of aliphatic hydroxyl groups is 4. The first kappa shape index (κ1) is 21.4. The maximum Gasteiger partial charge on any atom is 0.337 e. The molecule has 5 atom stereocenters. The summed E-state index contributed by atoms with van der Waals surface area (Å²) in [4.78, 5) is 11.6. The number of carbonyl (C=O) groups excluding carboxylic acids is 1. The molecule has 1 fully saturated rings. The molecular weight excluding hydrogens is 380 g/mol. The fourth-order valence-electron chi connectivity index (χ4n) is 3.21. The smallest absolute Gasteiger partial charge is 0.337 e. The molecule has 8 heteroatoms. The summed E-state index contributed by atoms with van der Waals surface area (Å²) in [6.45, 7) is -0.467. The van der Waals surface area contributed by atoms with E-state index in [4.69, 9.17) is 14.2 Å². The van der Waals surface area contributed by atoms with E-state index >= 15 is 0 Å². The lowest BCUT2D eigenvalue weighted by molar-refractivity contribution is -0.304. The molecule has 29 heavy (non-hydrogen) atoms. The lowest BCUT2D eigenvalue weighted by atomic mass is 9.98. The summed E-state index contributed by atoms with van der Waals surface area (Å²) in [5, 5.41) is 39.1. The summed E-state index contributed by atoms with van der Waals surface area (Å²) in [7, 11) is 1.32. The number of benzene rings is 2. The summed E-state index contributed by atoms with van der Waals surface area (Å²) in [5.41, 5.74) is 2.93. The number of methoxy groups -OCH3 is 1. The van der Waals surface area contributed by atoms with E-state index in [2.05, 4.69) is 0 Å². The summed E-state index contributed by atoms with van der Waals surface area (Å²) in [5.74, 6) is -0.421. The van der Waals surface area contributed by atoms with Crippen molar-refractivity contribution in [2.45, 2.75) is 37.3 Å². The number of hydrogen-bond acceptors (Lipinski definition) is 8. The molecule has 1 aliphatic heterocycles. The third-order valence-corrected chi connectivity index (χ3v) is 4.89. The zero-order valence-corrected chi connectivity index (χ0v) is 15.8. The Bertz CT molecular complexity index is 820. The van der Waals surface area contributed by atoms with E-state index in [0.29, 0.717) is 5.56 Å². The first-order valence-electron chi connectivity index (χ1n) is 9.15. The predicted octanol–water partition coefficient (Wildman–Crippen LogP) is 0.457. The van der Waals surface area contributed by atoms with E-state index in [0.717, 1.165) is 16.7 Å². The van der Waals surface area contributed by atoms with Crippen LogP contribution in [0.4, 0.5) is 0 Å².